The number of piperidine rings is 1. The fourth-order valence-corrected chi connectivity index (χ4v) is 3.52. The summed E-state index contributed by atoms with van der Waals surface area (Å²) in [7, 11) is 2.14. The predicted molar refractivity (Wildman–Crippen MR) is 68.8 cm³/mol. The molecule has 3 saturated heterocycles. The molecule has 1 spiro atoms. The number of likely N-dealkylation sites (tertiary alicyclic amines) is 2. The van der Waals surface area contributed by atoms with Gasteiger partial charge in [0.1, 0.15) is 5.54 Å². The molecule has 106 valence electrons. The number of carbonyl (C=O) groups excluding carboxylic acids is 2. The maximum atomic E-state index is 12.6. The lowest BCUT2D eigenvalue weighted by molar-refractivity contribution is -0.895. The smallest absolute Gasteiger partial charge is 0.329 e. The van der Waals surface area contributed by atoms with Crippen LogP contribution >= 0.6 is 0 Å². The van der Waals surface area contributed by atoms with Crippen molar-refractivity contribution in [1.82, 2.24) is 10.2 Å². The maximum absolute atomic E-state index is 12.6. The highest BCUT2D eigenvalue weighted by Crippen LogP contribution is 2.25. The van der Waals surface area contributed by atoms with Gasteiger partial charge in [-0.25, -0.2) is 9.69 Å². The topological polar surface area (TPSA) is 58.3 Å². The van der Waals surface area contributed by atoms with E-state index in [1.165, 1.54) is 27.5 Å². The van der Waals surface area contributed by atoms with E-state index in [1.54, 1.807) is 0 Å². The number of amides is 3. The molecular weight excluding hydrogens is 244 g/mol. The molecule has 0 aromatic rings. The molecule has 3 N–H and O–H groups in total. The van der Waals surface area contributed by atoms with Gasteiger partial charge < -0.3 is 15.1 Å². The second-order valence-corrected chi connectivity index (χ2v) is 6.32. The maximum Gasteiger partial charge on any atom is 0.329 e. The summed E-state index contributed by atoms with van der Waals surface area (Å²) in [6, 6.07) is -0.177. The van der Waals surface area contributed by atoms with Crippen LogP contribution in [0.1, 0.15) is 25.7 Å². The Kier molecular flexibility index (Phi) is 3.22. The second-order valence-electron chi connectivity index (χ2n) is 6.32. The number of quaternary nitrogens is 2. The summed E-state index contributed by atoms with van der Waals surface area (Å²) in [5.41, 5.74) is -0.588. The lowest BCUT2D eigenvalue weighted by atomic mass is 9.88. The quantitative estimate of drug-likeness (QED) is 0.475. The molecule has 0 aromatic heterocycles. The van der Waals surface area contributed by atoms with Crippen molar-refractivity contribution in [3.63, 3.8) is 0 Å². The van der Waals surface area contributed by atoms with E-state index in [4.69, 9.17) is 0 Å². The third-order valence-electron chi connectivity index (χ3n) is 4.90. The van der Waals surface area contributed by atoms with Crippen LogP contribution < -0.4 is 15.1 Å². The van der Waals surface area contributed by atoms with Crippen molar-refractivity contribution in [2.75, 3.05) is 39.9 Å². The van der Waals surface area contributed by atoms with Crippen LogP contribution in [-0.2, 0) is 4.79 Å². The van der Waals surface area contributed by atoms with Gasteiger partial charge in [-0.1, -0.05) is 0 Å². The average Bonchev–Trinajstić information content (AvgIpc) is 2.97. The van der Waals surface area contributed by atoms with Crippen LogP contribution in [0.2, 0.25) is 0 Å². The molecule has 6 heteroatoms. The number of imide groups is 1. The number of nitrogens with one attached hydrogen (secondary N) is 3. The summed E-state index contributed by atoms with van der Waals surface area (Å²) in [4.78, 5) is 29.0. The van der Waals surface area contributed by atoms with Crippen LogP contribution in [0.3, 0.4) is 0 Å². The Morgan fingerprint density at radius 3 is 2.42 bits per heavy atom. The Labute approximate surface area is 113 Å². The molecule has 0 bridgehead atoms. The molecule has 0 aromatic carbocycles. The van der Waals surface area contributed by atoms with Crippen LogP contribution in [0.25, 0.3) is 0 Å². The van der Waals surface area contributed by atoms with Gasteiger partial charge in [-0.2, -0.15) is 0 Å². The average molecular weight is 268 g/mol. The number of nitrogens with zero attached hydrogens (tertiary/aromatic N) is 1. The molecule has 3 rings (SSSR count). The van der Waals surface area contributed by atoms with Crippen LogP contribution in [0.5, 0.6) is 0 Å². The summed E-state index contributed by atoms with van der Waals surface area (Å²) in [5, 5.41) is 2.97. The van der Waals surface area contributed by atoms with Crippen LogP contribution in [-0.4, -0.2) is 62.3 Å². The van der Waals surface area contributed by atoms with E-state index in [0.29, 0.717) is 6.67 Å². The highest BCUT2D eigenvalue weighted by atomic mass is 16.2. The van der Waals surface area contributed by atoms with Crippen molar-refractivity contribution < 1.29 is 19.4 Å². The van der Waals surface area contributed by atoms with E-state index in [0.717, 1.165) is 39.0 Å². The monoisotopic (exact) mass is 268 g/mol. The number of urea groups is 1. The fraction of sp³-hybridized carbons (Fsp3) is 0.846. The summed E-state index contributed by atoms with van der Waals surface area (Å²) in [6.07, 6.45) is 3.96. The molecule has 0 aliphatic carbocycles. The Balaban J connectivity index is 1.69. The van der Waals surface area contributed by atoms with Crippen molar-refractivity contribution in [3.8, 4) is 0 Å². The van der Waals surface area contributed by atoms with E-state index < -0.39 is 5.54 Å². The second kappa shape index (κ2) is 4.76. The van der Waals surface area contributed by atoms with Gasteiger partial charge in [0.15, 0.2) is 6.67 Å². The summed E-state index contributed by atoms with van der Waals surface area (Å²) >= 11 is 0. The third kappa shape index (κ3) is 2.23. The summed E-state index contributed by atoms with van der Waals surface area (Å²) < 4.78 is 0. The minimum Gasteiger partial charge on any atom is -0.337 e. The van der Waals surface area contributed by atoms with E-state index in [2.05, 4.69) is 12.4 Å². The van der Waals surface area contributed by atoms with Gasteiger partial charge in [-0.05, 0) is 0 Å². The first kappa shape index (κ1) is 12.9. The molecule has 0 radical (unpaired) electrons. The van der Waals surface area contributed by atoms with Crippen molar-refractivity contribution in [3.05, 3.63) is 0 Å². The molecule has 3 aliphatic rings. The Bertz CT molecular complexity index is 384. The molecule has 0 saturated carbocycles. The zero-order valence-electron chi connectivity index (χ0n) is 11.6. The lowest BCUT2D eigenvalue weighted by Gasteiger charge is -2.33. The SMILES string of the molecule is C[NH+]1CCC2(CC1)NC(=O)N(C[NH+]1CCCC1)C2=O. The van der Waals surface area contributed by atoms with Crippen LogP contribution in [0.15, 0.2) is 0 Å². The number of hydrogen-bond acceptors (Lipinski definition) is 2. The molecular formula is C13H24N4O2+2. The Morgan fingerprint density at radius 2 is 1.79 bits per heavy atom. The fourth-order valence-electron chi connectivity index (χ4n) is 3.52. The van der Waals surface area contributed by atoms with Gasteiger partial charge in [0, 0.05) is 25.7 Å². The van der Waals surface area contributed by atoms with Gasteiger partial charge in [0.25, 0.3) is 5.91 Å². The molecule has 0 unspecified atom stereocenters. The van der Waals surface area contributed by atoms with Crippen molar-refractivity contribution in [2.45, 2.75) is 31.2 Å². The normalized spacial score (nSPS) is 36.3. The summed E-state index contributed by atoms with van der Waals surface area (Å²) in [5.74, 6) is 0.0180. The molecule has 19 heavy (non-hydrogen) atoms. The molecule has 3 aliphatic heterocycles. The zero-order valence-corrected chi connectivity index (χ0v) is 11.6. The lowest BCUT2D eigenvalue weighted by Crippen LogP contribution is -3.12. The first-order chi connectivity index (χ1) is 9.11. The van der Waals surface area contributed by atoms with Crippen molar-refractivity contribution in [1.29, 1.82) is 0 Å². The predicted octanol–water partition coefficient (Wildman–Crippen LogP) is -2.78. The Hall–Kier alpha value is -1.14. The zero-order chi connectivity index (χ0) is 13.5. The van der Waals surface area contributed by atoms with Crippen molar-refractivity contribution in [2.24, 2.45) is 0 Å². The largest absolute Gasteiger partial charge is 0.337 e. The molecule has 6 nitrogen and oxygen atoms in total. The van der Waals surface area contributed by atoms with Crippen LogP contribution in [0.4, 0.5) is 4.79 Å². The minimum absolute atomic E-state index is 0.0180. The van der Waals surface area contributed by atoms with E-state index >= 15 is 0 Å². The first-order valence-corrected chi connectivity index (χ1v) is 7.40. The third-order valence-corrected chi connectivity index (χ3v) is 4.90. The molecule has 3 fully saturated rings. The molecule has 3 heterocycles. The molecule has 0 atom stereocenters. The standard InChI is InChI=1S/C13H22N4O2/c1-15-8-4-13(5-9-15)11(18)17(12(19)14-13)10-16-6-2-3-7-16/h2-10H2,1H3,(H,14,19)/p+2. The highest BCUT2D eigenvalue weighted by molar-refractivity contribution is 6.06. The van der Waals surface area contributed by atoms with Gasteiger partial charge in [-0.15, -0.1) is 0 Å². The highest BCUT2D eigenvalue weighted by Gasteiger charge is 2.54. The Morgan fingerprint density at radius 1 is 1.16 bits per heavy atom. The van der Waals surface area contributed by atoms with Gasteiger partial charge >= 0.3 is 6.03 Å². The van der Waals surface area contributed by atoms with E-state index in [-0.39, 0.29) is 11.9 Å². The molecule has 3 amide bonds. The number of rotatable bonds is 2. The number of carbonyl (C=O) groups is 2. The van der Waals surface area contributed by atoms with Crippen LogP contribution in [0, 0.1) is 0 Å². The number of hydrogen-bond donors (Lipinski definition) is 3. The van der Waals surface area contributed by atoms with Gasteiger partial charge in [0.2, 0.25) is 0 Å². The summed E-state index contributed by atoms with van der Waals surface area (Å²) in [6.45, 7) is 4.62. The minimum atomic E-state index is -0.588. The first-order valence-electron chi connectivity index (χ1n) is 7.40. The van der Waals surface area contributed by atoms with Gasteiger partial charge in [-0.3, -0.25) is 4.79 Å². The van der Waals surface area contributed by atoms with E-state index in [9.17, 15) is 9.59 Å². The van der Waals surface area contributed by atoms with Gasteiger partial charge in [0.05, 0.1) is 33.2 Å². The van der Waals surface area contributed by atoms with Crippen molar-refractivity contribution >= 4 is 11.9 Å². The van der Waals surface area contributed by atoms with E-state index in [1.807, 2.05) is 0 Å².